The van der Waals surface area contributed by atoms with E-state index in [0.29, 0.717) is 12.0 Å². The lowest BCUT2D eigenvalue weighted by molar-refractivity contribution is 0.114. The minimum atomic E-state index is -2.39. The fraction of sp³-hybridized carbons (Fsp3) is 0.455. The predicted octanol–water partition coefficient (Wildman–Crippen LogP) is 3.99. The van der Waals surface area contributed by atoms with Crippen molar-refractivity contribution in [1.82, 2.24) is 0 Å². The van der Waals surface area contributed by atoms with Crippen LogP contribution in [0.2, 0.25) is 5.04 Å². The van der Waals surface area contributed by atoms with Crippen LogP contribution in [0.1, 0.15) is 34.1 Å². The van der Waals surface area contributed by atoms with Gasteiger partial charge in [0.25, 0.3) is 8.32 Å². The van der Waals surface area contributed by atoms with Crippen LogP contribution in [0, 0.1) is 5.92 Å². The molecule has 0 radical (unpaired) electrons. The van der Waals surface area contributed by atoms with Crippen molar-refractivity contribution in [2.75, 3.05) is 13.2 Å². The fourth-order valence-electron chi connectivity index (χ4n) is 4.03. The Labute approximate surface area is 153 Å². The van der Waals surface area contributed by atoms with Gasteiger partial charge in [0.05, 0.1) is 12.7 Å². The molecule has 1 aliphatic rings. The first-order valence-electron chi connectivity index (χ1n) is 9.30. The molecule has 0 saturated carbocycles. The van der Waals surface area contributed by atoms with Gasteiger partial charge in [-0.25, -0.2) is 0 Å². The maximum Gasteiger partial charge on any atom is 0.261 e. The lowest BCUT2D eigenvalue weighted by atomic mass is 10.1. The summed E-state index contributed by atoms with van der Waals surface area (Å²) in [4.78, 5) is 0. The van der Waals surface area contributed by atoms with Crippen molar-refractivity contribution in [3.8, 4) is 0 Å². The summed E-state index contributed by atoms with van der Waals surface area (Å²) in [5.74, 6) is 0.497. The molecule has 1 aliphatic heterocycles. The highest BCUT2D eigenvalue weighted by molar-refractivity contribution is 6.99. The van der Waals surface area contributed by atoms with Gasteiger partial charge in [-0.1, -0.05) is 81.4 Å². The molecule has 1 heterocycles. The predicted molar refractivity (Wildman–Crippen MR) is 107 cm³/mol. The summed E-state index contributed by atoms with van der Waals surface area (Å²) in [6, 6.07) is 21.7. The highest BCUT2D eigenvalue weighted by Crippen LogP contribution is 2.37. The molecule has 2 aromatic rings. The highest BCUT2D eigenvalue weighted by Gasteiger charge is 2.50. The fourth-order valence-corrected chi connectivity index (χ4v) is 8.67. The monoisotopic (exact) mass is 354 g/mol. The van der Waals surface area contributed by atoms with Crippen LogP contribution < -0.4 is 10.4 Å². The molecule has 0 aromatic heterocycles. The van der Waals surface area contributed by atoms with E-state index < -0.39 is 8.32 Å². The van der Waals surface area contributed by atoms with Crippen molar-refractivity contribution < 1.29 is 9.16 Å². The van der Waals surface area contributed by atoms with Crippen LogP contribution >= 0.6 is 0 Å². The summed E-state index contributed by atoms with van der Waals surface area (Å²) in [6.07, 6.45) is 1.45. The molecule has 1 fully saturated rings. The normalized spacial score (nSPS) is 21.4. The van der Waals surface area contributed by atoms with Crippen LogP contribution in [0.4, 0.5) is 0 Å². The van der Waals surface area contributed by atoms with E-state index in [1.165, 1.54) is 10.4 Å². The molecule has 134 valence electrons. The van der Waals surface area contributed by atoms with Gasteiger partial charge in [0.2, 0.25) is 0 Å². The molecule has 2 atom stereocenters. The Kier molecular flexibility index (Phi) is 5.47. The molecule has 3 rings (SSSR count). The zero-order valence-electron chi connectivity index (χ0n) is 15.9. The van der Waals surface area contributed by atoms with Gasteiger partial charge in [0.1, 0.15) is 0 Å². The van der Waals surface area contributed by atoms with Gasteiger partial charge < -0.3 is 9.16 Å². The summed E-state index contributed by atoms with van der Waals surface area (Å²) < 4.78 is 12.7. The molecule has 0 aliphatic carbocycles. The van der Waals surface area contributed by atoms with E-state index in [1.807, 2.05) is 0 Å². The summed E-state index contributed by atoms with van der Waals surface area (Å²) in [5, 5.41) is 2.74. The third-order valence-corrected chi connectivity index (χ3v) is 10.2. The van der Waals surface area contributed by atoms with Crippen LogP contribution in [-0.2, 0) is 9.16 Å². The van der Waals surface area contributed by atoms with Crippen LogP contribution in [0.3, 0.4) is 0 Å². The van der Waals surface area contributed by atoms with Crippen molar-refractivity contribution in [2.45, 2.75) is 45.3 Å². The second kappa shape index (κ2) is 7.44. The second-order valence-corrected chi connectivity index (χ2v) is 12.5. The average molecular weight is 355 g/mol. The van der Waals surface area contributed by atoms with E-state index in [0.717, 1.165) is 19.6 Å². The summed E-state index contributed by atoms with van der Waals surface area (Å²) in [7, 11) is -2.39. The van der Waals surface area contributed by atoms with Gasteiger partial charge in [-0.3, -0.25) is 0 Å². The first-order valence-corrected chi connectivity index (χ1v) is 11.2. The second-order valence-electron chi connectivity index (χ2n) is 8.22. The van der Waals surface area contributed by atoms with E-state index in [1.54, 1.807) is 0 Å². The Bertz CT molecular complexity index is 624. The Morgan fingerprint density at radius 2 is 1.48 bits per heavy atom. The maximum absolute atomic E-state index is 6.96. The summed E-state index contributed by atoms with van der Waals surface area (Å²) >= 11 is 0. The first-order chi connectivity index (χ1) is 11.9. The van der Waals surface area contributed by atoms with Gasteiger partial charge >= 0.3 is 0 Å². The van der Waals surface area contributed by atoms with Crippen LogP contribution in [0.5, 0.6) is 0 Å². The average Bonchev–Trinajstić information content (AvgIpc) is 3.02. The molecule has 0 spiro atoms. The summed E-state index contributed by atoms with van der Waals surface area (Å²) in [5.41, 5.74) is 0. The molecular weight excluding hydrogens is 324 g/mol. The molecule has 0 amide bonds. The van der Waals surface area contributed by atoms with E-state index in [-0.39, 0.29) is 5.04 Å². The van der Waals surface area contributed by atoms with E-state index in [2.05, 4.69) is 88.4 Å². The first kappa shape index (κ1) is 18.4. The van der Waals surface area contributed by atoms with Gasteiger partial charge in [-0.05, 0) is 28.8 Å². The van der Waals surface area contributed by atoms with Crippen molar-refractivity contribution in [3.05, 3.63) is 60.7 Å². The quantitative estimate of drug-likeness (QED) is 0.756. The van der Waals surface area contributed by atoms with E-state index in [9.17, 15) is 0 Å². The standard InChI is InChI=1S/C22H30O2Si/c1-18-15-19(16-23-18)17-24-25(22(2,3)4,20-11-7-5-8-12-20)21-13-9-6-10-14-21/h5-14,18-19H,15-17H2,1-4H3. The SMILES string of the molecule is CC1CC(CO[Si](c2ccccc2)(c2ccccc2)C(C)(C)C)CO1. The van der Waals surface area contributed by atoms with Crippen LogP contribution in [0.25, 0.3) is 0 Å². The molecule has 3 heteroatoms. The zero-order valence-corrected chi connectivity index (χ0v) is 16.9. The maximum atomic E-state index is 6.96. The Morgan fingerprint density at radius 1 is 0.960 bits per heavy atom. The molecule has 2 unspecified atom stereocenters. The number of benzene rings is 2. The Morgan fingerprint density at radius 3 is 1.88 bits per heavy atom. The van der Waals surface area contributed by atoms with E-state index >= 15 is 0 Å². The number of ether oxygens (including phenoxy) is 1. The Balaban J connectivity index is 2.02. The molecule has 1 saturated heterocycles. The van der Waals surface area contributed by atoms with Gasteiger partial charge in [0, 0.05) is 12.5 Å². The van der Waals surface area contributed by atoms with Crippen LogP contribution in [0.15, 0.2) is 60.7 Å². The topological polar surface area (TPSA) is 18.5 Å². The zero-order chi connectivity index (χ0) is 17.9. The molecular formula is C22H30O2Si. The molecule has 0 bridgehead atoms. The lowest BCUT2D eigenvalue weighted by Gasteiger charge is -2.43. The third-order valence-electron chi connectivity index (χ3n) is 5.23. The molecule has 25 heavy (non-hydrogen) atoms. The molecule has 2 nitrogen and oxygen atoms in total. The molecule has 0 N–H and O–H groups in total. The van der Waals surface area contributed by atoms with E-state index in [4.69, 9.17) is 9.16 Å². The third kappa shape index (κ3) is 3.74. The molecule has 2 aromatic carbocycles. The van der Waals surface area contributed by atoms with Crippen molar-refractivity contribution >= 4 is 18.7 Å². The lowest BCUT2D eigenvalue weighted by Crippen LogP contribution is -2.66. The van der Waals surface area contributed by atoms with Crippen molar-refractivity contribution in [2.24, 2.45) is 5.92 Å². The summed E-state index contributed by atoms with van der Waals surface area (Å²) in [6.45, 7) is 10.7. The largest absolute Gasteiger partial charge is 0.407 e. The number of rotatable bonds is 5. The van der Waals surface area contributed by atoms with Gasteiger partial charge in [0.15, 0.2) is 0 Å². The number of hydrogen-bond donors (Lipinski definition) is 0. The Hall–Kier alpha value is -1.42. The smallest absolute Gasteiger partial charge is 0.261 e. The highest BCUT2D eigenvalue weighted by atomic mass is 28.4. The minimum Gasteiger partial charge on any atom is -0.407 e. The van der Waals surface area contributed by atoms with Crippen molar-refractivity contribution in [3.63, 3.8) is 0 Å². The van der Waals surface area contributed by atoms with Gasteiger partial charge in [-0.2, -0.15) is 0 Å². The van der Waals surface area contributed by atoms with Crippen molar-refractivity contribution in [1.29, 1.82) is 0 Å². The minimum absolute atomic E-state index is 0.0424. The van der Waals surface area contributed by atoms with Crippen LogP contribution in [-0.4, -0.2) is 27.6 Å². The number of hydrogen-bond acceptors (Lipinski definition) is 2. The van der Waals surface area contributed by atoms with Gasteiger partial charge in [-0.15, -0.1) is 0 Å².